The average molecular weight is 265 g/mol. The number of hydrogen-bond donors (Lipinski definition) is 2. The Morgan fingerprint density at radius 3 is 2.68 bits per heavy atom. The van der Waals surface area contributed by atoms with Crippen molar-refractivity contribution in [3.8, 4) is 5.75 Å². The molecule has 1 amide bonds. The van der Waals surface area contributed by atoms with Crippen molar-refractivity contribution < 1.29 is 14.6 Å². The van der Waals surface area contributed by atoms with E-state index in [4.69, 9.17) is 9.84 Å². The maximum absolute atomic E-state index is 12.2. The van der Waals surface area contributed by atoms with E-state index in [1.165, 1.54) is 0 Å². The lowest BCUT2D eigenvalue weighted by Gasteiger charge is -2.21. The first-order valence-electron chi connectivity index (χ1n) is 6.56. The number of carbonyl (C=O) groups is 1. The molecule has 0 aromatic heterocycles. The third kappa shape index (κ3) is 3.96. The van der Waals surface area contributed by atoms with Crippen molar-refractivity contribution >= 4 is 5.91 Å². The Bertz CT molecular complexity index is 431. The molecule has 0 aliphatic rings. The SMILES string of the molecule is COc1cccc(C(=O)NC(C)C(C)CCO)c1C. The number of carbonyl (C=O) groups excluding carboxylic acids is 1. The van der Waals surface area contributed by atoms with Crippen LogP contribution in [0.5, 0.6) is 5.75 Å². The molecule has 106 valence electrons. The summed E-state index contributed by atoms with van der Waals surface area (Å²) in [4.78, 5) is 12.2. The lowest BCUT2D eigenvalue weighted by atomic mass is 9.99. The van der Waals surface area contributed by atoms with Gasteiger partial charge in [0.05, 0.1) is 7.11 Å². The number of rotatable bonds is 6. The molecule has 0 aliphatic carbocycles. The molecule has 2 atom stereocenters. The van der Waals surface area contributed by atoms with Gasteiger partial charge >= 0.3 is 0 Å². The monoisotopic (exact) mass is 265 g/mol. The predicted octanol–water partition coefficient (Wildman–Crippen LogP) is 2.14. The molecule has 1 aromatic carbocycles. The molecule has 4 nitrogen and oxygen atoms in total. The Hall–Kier alpha value is -1.55. The van der Waals surface area contributed by atoms with Gasteiger partial charge in [0.2, 0.25) is 0 Å². The highest BCUT2D eigenvalue weighted by atomic mass is 16.5. The first-order chi connectivity index (χ1) is 9.01. The van der Waals surface area contributed by atoms with Gasteiger partial charge in [0, 0.05) is 23.8 Å². The van der Waals surface area contributed by atoms with Crippen LogP contribution in [0.3, 0.4) is 0 Å². The number of methoxy groups -OCH3 is 1. The first-order valence-corrected chi connectivity index (χ1v) is 6.56. The van der Waals surface area contributed by atoms with Gasteiger partial charge in [0.15, 0.2) is 0 Å². The first kappa shape index (κ1) is 15.5. The molecule has 19 heavy (non-hydrogen) atoms. The maximum atomic E-state index is 12.2. The average Bonchev–Trinajstić information content (AvgIpc) is 2.39. The lowest BCUT2D eigenvalue weighted by Crippen LogP contribution is -2.37. The van der Waals surface area contributed by atoms with Gasteiger partial charge in [-0.2, -0.15) is 0 Å². The Balaban J connectivity index is 2.78. The minimum atomic E-state index is -0.103. The Kier molecular flexibility index (Phi) is 5.83. The van der Waals surface area contributed by atoms with Crippen LogP contribution >= 0.6 is 0 Å². The summed E-state index contributed by atoms with van der Waals surface area (Å²) in [6.07, 6.45) is 0.679. The van der Waals surface area contributed by atoms with Crippen LogP contribution in [0.2, 0.25) is 0 Å². The van der Waals surface area contributed by atoms with Crippen molar-refractivity contribution in [2.75, 3.05) is 13.7 Å². The van der Waals surface area contributed by atoms with Crippen LogP contribution in [-0.4, -0.2) is 30.8 Å². The number of aliphatic hydroxyl groups excluding tert-OH is 1. The van der Waals surface area contributed by atoms with E-state index in [1.54, 1.807) is 13.2 Å². The van der Waals surface area contributed by atoms with E-state index in [9.17, 15) is 4.79 Å². The van der Waals surface area contributed by atoms with E-state index in [2.05, 4.69) is 5.32 Å². The molecule has 4 heteroatoms. The number of ether oxygens (including phenoxy) is 1. The van der Waals surface area contributed by atoms with Gasteiger partial charge in [-0.1, -0.05) is 13.0 Å². The molecular weight excluding hydrogens is 242 g/mol. The van der Waals surface area contributed by atoms with Gasteiger partial charge in [0.1, 0.15) is 5.75 Å². The molecule has 0 radical (unpaired) electrons. The zero-order valence-corrected chi connectivity index (χ0v) is 12.1. The second-order valence-corrected chi connectivity index (χ2v) is 4.88. The predicted molar refractivity (Wildman–Crippen MR) is 75.5 cm³/mol. The minimum absolute atomic E-state index is 0.0188. The molecule has 0 fully saturated rings. The van der Waals surface area contributed by atoms with E-state index in [0.29, 0.717) is 17.7 Å². The van der Waals surface area contributed by atoms with Crippen molar-refractivity contribution in [3.05, 3.63) is 29.3 Å². The van der Waals surface area contributed by atoms with Crippen LogP contribution in [0.25, 0.3) is 0 Å². The highest BCUT2D eigenvalue weighted by Gasteiger charge is 2.17. The summed E-state index contributed by atoms with van der Waals surface area (Å²) in [5.74, 6) is 0.845. The maximum Gasteiger partial charge on any atom is 0.251 e. The second kappa shape index (κ2) is 7.14. The van der Waals surface area contributed by atoms with Crippen molar-refractivity contribution in [1.82, 2.24) is 5.32 Å². The molecule has 0 bridgehead atoms. The fourth-order valence-corrected chi connectivity index (χ4v) is 1.96. The van der Waals surface area contributed by atoms with Gasteiger partial charge in [-0.05, 0) is 38.3 Å². The molecule has 0 heterocycles. The standard InChI is InChI=1S/C15H23NO3/c1-10(8-9-17)12(3)16-15(18)13-6-5-7-14(19-4)11(13)2/h5-7,10,12,17H,8-9H2,1-4H3,(H,16,18). The van der Waals surface area contributed by atoms with Crippen LogP contribution in [0.15, 0.2) is 18.2 Å². The van der Waals surface area contributed by atoms with Crippen molar-refractivity contribution in [3.63, 3.8) is 0 Å². The van der Waals surface area contributed by atoms with Gasteiger partial charge in [-0.25, -0.2) is 0 Å². The van der Waals surface area contributed by atoms with Crippen molar-refractivity contribution in [2.45, 2.75) is 33.2 Å². The number of hydrogen-bond acceptors (Lipinski definition) is 3. The lowest BCUT2D eigenvalue weighted by molar-refractivity contribution is 0.0922. The Labute approximate surface area is 114 Å². The minimum Gasteiger partial charge on any atom is -0.496 e. The number of amides is 1. The Morgan fingerprint density at radius 2 is 2.11 bits per heavy atom. The van der Waals surface area contributed by atoms with Crippen LogP contribution < -0.4 is 10.1 Å². The fourth-order valence-electron chi connectivity index (χ4n) is 1.96. The summed E-state index contributed by atoms with van der Waals surface area (Å²) in [5, 5.41) is 11.9. The number of aliphatic hydroxyl groups is 1. The molecule has 1 rings (SSSR count). The van der Waals surface area contributed by atoms with Crippen molar-refractivity contribution in [1.29, 1.82) is 0 Å². The highest BCUT2D eigenvalue weighted by molar-refractivity contribution is 5.96. The largest absolute Gasteiger partial charge is 0.496 e. The van der Waals surface area contributed by atoms with E-state index in [-0.39, 0.29) is 24.5 Å². The highest BCUT2D eigenvalue weighted by Crippen LogP contribution is 2.21. The molecule has 2 unspecified atom stereocenters. The fraction of sp³-hybridized carbons (Fsp3) is 0.533. The molecule has 0 spiro atoms. The molecule has 0 saturated heterocycles. The number of nitrogens with one attached hydrogen (secondary N) is 1. The van der Waals surface area contributed by atoms with E-state index < -0.39 is 0 Å². The topological polar surface area (TPSA) is 58.6 Å². The summed E-state index contributed by atoms with van der Waals surface area (Å²) in [6, 6.07) is 5.45. The summed E-state index contributed by atoms with van der Waals surface area (Å²) < 4.78 is 5.21. The van der Waals surface area contributed by atoms with E-state index in [1.807, 2.05) is 32.9 Å². The smallest absolute Gasteiger partial charge is 0.251 e. The van der Waals surface area contributed by atoms with Gasteiger partial charge in [-0.3, -0.25) is 4.79 Å². The van der Waals surface area contributed by atoms with Crippen LogP contribution in [0.4, 0.5) is 0 Å². The summed E-state index contributed by atoms with van der Waals surface area (Å²) in [5.41, 5.74) is 1.46. The van der Waals surface area contributed by atoms with E-state index >= 15 is 0 Å². The second-order valence-electron chi connectivity index (χ2n) is 4.88. The van der Waals surface area contributed by atoms with E-state index in [0.717, 1.165) is 5.56 Å². The number of benzene rings is 1. The van der Waals surface area contributed by atoms with Crippen LogP contribution in [0.1, 0.15) is 36.2 Å². The van der Waals surface area contributed by atoms with Gasteiger partial charge in [-0.15, -0.1) is 0 Å². The third-order valence-corrected chi connectivity index (χ3v) is 3.55. The normalized spacial score (nSPS) is 13.7. The van der Waals surface area contributed by atoms with Crippen molar-refractivity contribution in [2.24, 2.45) is 5.92 Å². The molecule has 0 saturated carbocycles. The zero-order chi connectivity index (χ0) is 14.4. The molecule has 1 aromatic rings. The third-order valence-electron chi connectivity index (χ3n) is 3.55. The van der Waals surface area contributed by atoms with Crippen LogP contribution in [0, 0.1) is 12.8 Å². The van der Waals surface area contributed by atoms with Crippen LogP contribution in [-0.2, 0) is 0 Å². The van der Waals surface area contributed by atoms with Gasteiger partial charge < -0.3 is 15.2 Å². The quantitative estimate of drug-likeness (QED) is 0.828. The summed E-state index contributed by atoms with van der Waals surface area (Å²) >= 11 is 0. The molecule has 0 aliphatic heterocycles. The molecular formula is C15H23NO3. The Morgan fingerprint density at radius 1 is 1.42 bits per heavy atom. The summed E-state index contributed by atoms with van der Waals surface area (Å²) in [6.45, 7) is 5.97. The molecule has 2 N–H and O–H groups in total. The zero-order valence-electron chi connectivity index (χ0n) is 12.1. The summed E-state index contributed by atoms with van der Waals surface area (Å²) in [7, 11) is 1.59. The van der Waals surface area contributed by atoms with Gasteiger partial charge in [0.25, 0.3) is 5.91 Å².